The van der Waals surface area contributed by atoms with E-state index in [0.717, 1.165) is 25.7 Å². The number of rotatable bonds is 7. The van der Waals surface area contributed by atoms with Gasteiger partial charge in [-0.25, -0.2) is 0 Å². The first-order chi connectivity index (χ1) is 7.72. The second-order valence-electron chi connectivity index (χ2n) is 4.30. The molecule has 0 amide bonds. The molecule has 1 rings (SSSR count). The summed E-state index contributed by atoms with van der Waals surface area (Å²) in [4.78, 5) is 0. The third-order valence-corrected chi connectivity index (χ3v) is 2.92. The number of aryl methyl sites for hydroxylation is 1. The van der Waals surface area contributed by atoms with Gasteiger partial charge < -0.3 is 9.84 Å². The SMILES string of the molecule is COC(C)CCC(O)CCc1ccccc1. The minimum absolute atomic E-state index is 0.210. The highest BCUT2D eigenvalue weighted by Crippen LogP contribution is 2.10. The van der Waals surface area contributed by atoms with E-state index in [1.165, 1.54) is 5.56 Å². The monoisotopic (exact) mass is 222 g/mol. The highest BCUT2D eigenvalue weighted by Gasteiger charge is 2.07. The average molecular weight is 222 g/mol. The Morgan fingerprint density at radius 2 is 1.81 bits per heavy atom. The summed E-state index contributed by atoms with van der Waals surface area (Å²) in [6, 6.07) is 10.3. The van der Waals surface area contributed by atoms with Gasteiger partial charge in [0.2, 0.25) is 0 Å². The molecule has 0 fully saturated rings. The summed E-state index contributed by atoms with van der Waals surface area (Å²) in [6.45, 7) is 2.03. The molecule has 0 radical (unpaired) electrons. The standard InChI is InChI=1S/C14H22O2/c1-12(16-2)8-10-14(15)11-9-13-6-4-3-5-7-13/h3-7,12,14-15H,8-11H2,1-2H3. The quantitative estimate of drug-likeness (QED) is 0.768. The molecule has 2 heteroatoms. The summed E-state index contributed by atoms with van der Waals surface area (Å²) in [5.74, 6) is 0. The maximum atomic E-state index is 9.80. The number of hydrogen-bond donors (Lipinski definition) is 1. The van der Waals surface area contributed by atoms with E-state index in [4.69, 9.17) is 4.74 Å². The molecule has 0 aliphatic carbocycles. The molecule has 2 atom stereocenters. The molecule has 0 aliphatic rings. The molecule has 0 bridgehead atoms. The lowest BCUT2D eigenvalue weighted by atomic mass is 10.0. The van der Waals surface area contributed by atoms with Gasteiger partial charge in [-0.1, -0.05) is 30.3 Å². The van der Waals surface area contributed by atoms with Gasteiger partial charge in [-0.15, -0.1) is 0 Å². The van der Waals surface area contributed by atoms with Gasteiger partial charge in [-0.2, -0.15) is 0 Å². The van der Waals surface area contributed by atoms with Gasteiger partial charge in [0.25, 0.3) is 0 Å². The van der Waals surface area contributed by atoms with E-state index >= 15 is 0 Å². The molecule has 1 aromatic carbocycles. The Morgan fingerprint density at radius 1 is 1.12 bits per heavy atom. The molecule has 16 heavy (non-hydrogen) atoms. The fourth-order valence-electron chi connectivity index (χ4n) is 1.67. The Kier molecular flexibility index (Phi) is 6.12. The van der Waals surface area contributed by atoms with Crippen LogP contribution in [-0.2, 0) is 11.2 Å². The molecule has 0 aromatic heterocycles. The maximum absolute atomic E-state index is 9.80. The number of aliphatic hydroxyl groups excluding tert-OH is 1. The number of ether oxygens (including phenoxy) is 1. The van der Waals surface area contributed by atoms with Gasteiger partial charge >= 0.3 is 0 Å². The largest absolute Gasteiger partial charge is 0.393 e. The molecule has 2 unspecified atom stereocenters. The first-order valence-corrected chi connectivity index (χ1v) is 5.97. The van der Waals surface area contributed by atoms with Crippen LogP contribution >= 0.6 is 0 Å². The molecule has 2 nitrogen and oxygen atoms in total. The van der Waals surface area contributed by atoms with E-state index in [1.54, 1.807) is 7.11 Å². The average Bonchev–Trinajstić information content (AvgIpc) is 2.34. The van der Waals surface area contributed by atoms with E-state index in [9.17, 15) is 5.11 Å². The van der Waals surface area contributed by atoms with Crippen LogP contribution in [0.1, 0.15) is 31.7 Å². The van der Waals surface area contributed by atoms with Crippen LogP contribution in [0.5, 0.6) is 0 Å². The van der Waals surface area contributed by atoms with Crippen molar-refractivity contribution in [2.24, 2.45) is 0 Å². The summed E-state index contributed by atoms with van der Waals surface area (Å²) in [7, 11) is 1.71. The fourth-order valence-corrected chi connectivity index (χ4v) is 1.67. The first-order valence-electron chi connectivity index (χ1n) is 5.97. The first kappa shape index (κ1) is 13.2. The Labute approximate surface area is 98.3 Å². The molecule has 0 aliphatic heterocycles. The Balaban J connectivity index is 2.18. The van der Waals surface area contributed by atoms with E-state index in [-0.39, 0.29) is 12.2 Å². The third-order valence-electron chi connectivity index (χ3n) is 2.92. The van der Waals surface area contributed by atoms with Crippen molar-refractivity contribution in [2.45, 2.75) is 44.8 Å². The highest BCUT2D eigenvalue weighted by atomic mass is 16.5. The number of hydrogen-bond acceptors (Lipinski definition) is 2. The van der Waals surface area contributed by atoms with Crippen molar-refractivity contribution in [1.29, 1.82) is 0 Å². The molecule has 1 N–H and O–H groups in total. The number of benzene rings is 1. The van der Waals surface area contributed by atoms with Crippen molar-refractivity contribution in [3.8, 4) is 0 Å². The second kappa shape index (κ2) is 7.42. The lowest BCUT2D eigenvalue weighted by Gasteiger charge is -2.13. The zero-order chi connectivity index (χ0) is 11.8. The van der Waals surface area contributed by atoms with Crippen molar-refractivity contribution < 1.29 is 9.84 Å². The smallest absolute Gasteiger partial charge is 0.0544 e. The molecule has 0 saturated carbocycles. The van der Waals surface area contributed by atoms with Gasteiger partial charge in [-0.05, 0) is 38.2 Å². The minimum Gasteiger partial charge on any atom is -0.393 e. The van der Waals surface area contributed by atoms with Gasteiger partial charge in [0, 0.05) is 7.11 Å². The lowest BCUT2D eigenvalue weighted by Crippen LogP contribution is -2.13. The van der Waals surface area contributed by atoms with E-state index < -0.39 is 0 Å². The third kappa shape index (κ3) is 5.29. The molecule has 0 saturated heterocycles. The van der Waals surface area contributed by atoms with E-state index in [1.807, 2.05) is 25.1 Å². The fraction of sp³-hybridized carbons (Fsp3) is 0.571. The van der Waals surface area contributed by atoms with E-state index in [2.05, 4.69) is 12.1 Å². The maximum Gasteiger partial charge on any atom is 0.0544 e. The van der Waals surface area contributed by atoms with Crippen molar-refractivity contribution in [1.82, 2.24) is 0 Å². The lowest BCUT2D eigenvalue weighted by molar-refractivity contribution is 0.0826. The van der Waals surface area contributed by atoms with Crippen LogP contribution in [0.25, 0.3) is 0 Å². The van der Waals surface area contributed by atoms with E-state index in [0.29, 0.717) is 0 Å². The van der Waals surface area contributed by atoms with Crippen LogP contribution < -0.4 is 0 Å². The second-order valence-corrected chi connectivity index (χ2v) is 4.30. The van der Waals surface area contributed by atoms with Crippen LogP contribution in [-0.4, -0.2) is 24.4 Å². The summed E-state index contributed by atoms with van der Waals surface area (Å²) < 4.78 is 5.15. The van der Waals surface area contributed by atoms with Gasteiger partial charge in [0.05, 0.1) is 12.2 Å². The Morgan fingerprint density at radius 3 is 2.44 bits per heavy atom. The Hall–Kier alpha value is -0.860. The molecular weight excluding hydrogens is 200 g/mol. The highest BCUT2D eigenvalue weighted by molar-refractivity contribution is 5.14. The van der Waals surface area contributed by atoms with Crippen molar-refractivity contribution >= 4 is 0 Å². The van der Waals surface area contributed by atoms with Gasteiger partial charge in [0.15, 0.2) is 0 Å². The van der Waals surface area contributed by atoms with Gasteiger partial charge in [-0.3, -0.25) is 0 Å². The zero-order valence-electron chi connectivity index (χ0n) is 10.2. The molecule has 0 spiro atoms. The van der Waals surface area contributed by atoms with Crippen LogP contribution in [0.3, 0.4) is 0 Å². The van der Waals surface area contributed by atoms with Gasteiger partial charge in [0.1, 0.15) is 0 Å². The molecule has 0 heterocycles. The normalized spacial score (nSPS) is 14.7. The zero-order valence-corrected chi connectivity index (χ0v) is 10.2. The Bertz CT molecular complexity index is 271. The molecule has 1 aromatic rings. The summed E-state index contributed by atoms with van der Waals surface area (Å²) in [5, 5.41) is 9.80. The van der Waals surface area contributed by atoms with Crippen molar-refractivity contribution in [2.75, 3.05) is 7.11 Å². The predicted octanol–water partition coefficient (Wildman–Crippen LogP) is 2.80. The minimum atomic E-state index is -0.210. The molecular formula is C14H22O2. The number of methoxy groups -OCH3 is 1. The van der Waals surface area contributed by atoms with Crippen LogP contribution in [0.15, 0.2) is 30.3 Å². The van der Waals surface area contributed by atoms with Crippen LogP contribution in [0.2, 0.25) is 0 Å². The summed E-state index contributed by atoms with van der Waals surface area (Å²) in [6.07, 6.45) is 3.56. The summed E-state index contributed by atoms with van der Waals surface area (Å²) in [5.41, 5.74) is 1.29. The predicted molar refractivity (Wildman–Crippen MR) is 66.5 cm³/mol. The molecule has 90 valence electrons. The topological polar surface area (TPSA) is 29.5 Å². The van der Waals surface area contributed by atoms with Crippen molar-refractivity contribution in [3.63, 3.8) is 0 Å². The summed E-state index contributed by atoms with van der Waals surface area (Å²) >= 11 is 0. The van der Waals surface area contributed by atoms with Crippen LogP contribution in [0, 0.1) is 0 Å². The van der Waals surface area contributed by atoms with Crippen LogP contribution in [0.4, 0.5) is 0 Å². The van der Waals surface area contributed by atoms with Crippen molar-refractivity contribution in [3.05, 3.63) is 35.9 Å². The number of aliphatic hydroxyl groups is 1.